The first-order valence-corrected chi connectivity index (χ1v) is 7.30. The fourth-order valence-electron chi connectivity index (χ4n) is 2.11. The number of rotatable bonds is 6. The largest absolute Gasteiger partial charge is 0.386 e. The van der Waals surface area contributed by atoms with Crippen molar-refractivity contribution in [3.8, 4) is 0 Å². The Kier molecular flexibility index (Phi) is 5.69. The van der Waals surface area contributed by atoms with Gasteiger partial charge < -0.3 is 10.4 Å². The van der Waals surface area contributed by atoms with E-state index in [4.69, 9.17) is 11.6 Å². The predicted molar refractivity (Wildman–Crippen MR) is 91.7 cm³/mol. The van der Waals surface area contributed by atoms with Crippen LogP contribution in [0.15, 0.2) is 43.0 Å². The molecule has 0 aliphatic rings. The lowest BCUT2D eigenvalue weighted by molar-refractivity contribution is 0.176. The molecule has 22 heavy (non-hydrogen) atoms. The molecule has 1 unspecified atom stereocenters. The van der Waals surface area contributed by atoms with Crippen molar-refractivity contribution in [1.82, 2.24) is 9.97 Å². The van der Waals surface area contributed by atoms with Gasteiger partial charge in [-0.2, -0.15) is 0 Å². The molecular weight excluding hydrogens is 298 g/mol. The molecule has 0 spiro atoms. The second kappa shape index (κ2) is 7.73. The zero-order valence-electron chi connectivity index (χ0n) is 12.3. The highest BCUT2D eigenvalue weighted by Crippen LogP contribution is 2.27. The average Bonchev–Trinajstić information content (AvgIpc) is 2.54. The third kappa shape index (κ3) is 3.93. The standard InChI is InChI=1S/C17H18ClN3O/c1-3-13-15(20-17(18)21-16(13)19-2)14(22)11-7-10-12-8-5-4-6-9-12/h3-10,14,22H,1,11H2,2H3,(H,19,20,21). The summed E-state index contributed by atoms with van der Waals surface area (Å²) in [6.45, 7) is 3.75. The van der Waals surface area contributed by atoms with E-state index in [1.165, 1.54) is 0 Å². The van der Waals surface area contributed by atoms with Crippen molar-refractivity contribution in [2.75, 3.05) is 12.4 Å². The lowest BCUT2D eigenvalue weighted by Gasteiger charge is -2.14. The molecule has 114 valence electrons. The van der Waals surface area contributed by atoms with E-state index in [1.54, 1.807) is 13.1 Å². The van der Waals surface area contributed by atoms with E-state index in [2.05, 4.69) is 21.9 Å². The van der Waals surface area contributed by atoms with Crippen molar-refractivity contribution in [3.63, 3.8) is 0 Å². The van der Waals surface area contributed by atoms with Gasteiger partial charge in [0.05, 0.1) is 5.69 Å². The lowest BCUT2D eigenvalue weighted by atomic mass is 10.1. The Morgan fingerprint density at radius 2 is 2.05 bits per heavy atom. The van der Waals surface area contributed by atoms with E-state index in [-0.39, 0.29) is 5.28 Å². The van der Waals surface area contributed by atoms with E-state index < -0.39 is 6.10 Å². The van der Waals surface area contributed by atoms with Gasteiger partial charge in [0.15, 0.2) is 0 Å². The van der Waals surface area contributed by atoms with E-state index in [1.807, 2.05) is 42.5 Å². The van der Waals surface area contributed by atoms with Crippen LogP contribution in [-0.4, -0.2) is 22.1 Å². The summed E-state index contributed by atoms with van der Waals surface area (Å²) in [7, 11) is 1.73. The fraction of sp³-hybridized carbons (Fsp3) is 0.176. The van der Waals surface area contributed by atoms with Gasteiger partial charge in [-0.3, -0.25) is 0 Å². The number of anilines is 1. The van der Waals surface area contributed by atoms with Crippen molar-refractivity contribution in [2.24, 2.45) is 0 Å². The van der Waals surface area contributed by atoms with Gasteiger partial charge in [-0.1, -0.05) is 55.1 Å². The van der Waals surface area contributed by atoms with Crippen LogP contribution in [0.2, 0.25) is 5.28 Å². The minimum absolute atomic E-state index is 0.0936. The summed E-state index contributed by atoms with van der Waals surface area (Å²) >= 11 is 5.91. The third-order valence-corrected chi connectivity index (χ3v) is 3.34. The highest BCUT2D eigenvalue weighted by atomic mass is 35.5. The van der Waals surface area contributed by atoms with Crippen molar-refractivity contribution >= 4 is 29.6 Å². The first-order chi connectivity index (χ1) is 10.7. The second-order valence-corrected chi connectivity index (χ2v) is 5.00. The van der Waals surface area contributed by atoms with Gasteiger partial charge >= 0.3 is 0 Å². The number of aromatic nitrogens is 2. The Labute approximate surface area is 135 Å². The quantitative estimate of drug-likeness (QED) is 0.792. The van der Waals surface area contributed by atoms with Gasteiger partial charge in [-0.05, 0) is 23.6 Å². The van der Waals surface area contributed by atoms with Gasteiger partial charge in [-0.15, -0.1) is 0 Å². The summed E-state index contributed by atoms with van der Waals surface area (Å²) in [6, 6.07) is 9.90. The molecule has 2 N–H and O–H groups in total. The number of hydrogen-bond acceptors (Lipinski definition) is 4. The summed E-state index contributed by atoms with van der Waals surface area (Å²) < 4.78 is 0. The Bertz CT molecular complexity index is 671. The summed E-state index contributed by atoms with van der Waals surface area (Å²) in [6.07, 6.45) is 5.12. The first kappa shape index (κ1) is 16.2. The molecule has 1 aromatic carbocycles. The smallest absolute Gasteiger partial charge is 0.224 e. The third-order valence-electron chi connectivity index (χ3n) is 3.17. The molecule has 4 nitrogen and oxygen atoms in total. The Balaban J connectivity index is 2.19. The number of aliphatic hydroxyl groups excluding tert-OH is 1. The van der Waals surface area contributed by atoms with Crippen LogP contribution in [0.25, 0.3) is 12.2 Å². The molecule has 1 aromatic heterocycles. The van der Waals surface area contributed by atoms with Crippen LogP contribution in [0.3, 0.4) is 0 Å². The van der Waals surface area contributed by atoms with Gasteiger partial charge in [-0.25, -0.2) is 9.97 Å². The molecule has 2 aromatic rings. The monoisotopic (exact) mass is 315 g/mol. The molecule has 5 heteroatoms. The Hall–Kier alpha value is -2.17. The molecule has 0 aliphatic carbocycles. The molecule has 0 radical (unpaired) electrons. The zero-order valence-corrected chi connectivity index (χ0v) is 13.1. The summed E-state index contributed by atoms with van der Waals surface area (Å²) in [4.78, 5) is 8.21. The molecular formula is C17H18ClN3O. The molecule has 0 aliphatic heterocycles. The number of halogens is 1. The molecule has 1 heterocycles. The highest BCUT2D eigenvalue weighted by Gasteiger charge is 2.16. The van der Waals surface area contributed by atoms with Crippen LogP contribution in [0.1, 0.15) is 29.3 Å². The minimum Gasteiger partial charge on any atom is -0.386 e. The topological polar surface area (TPSA) is 58.0 Å². The molecule has 0 bridgehead atoms. The summed E-state index contributed by atoms with van der Waals surface area (Å²) in [5.41, 5.74) is 2.21. The summed E-state index contributed by atoms with van der Waals surface area (Å²) in [5.74, 6) is 0.552. The van der Waals surface area contributed by atoms with Gasteiger partial charge in [0.2, 0.25) is 5.28 Å². The molecule has 1 atom stereocenters. The number of aliphatic hydroxyl groups is 1. The van der Waals surface area contributed by atoms with Crippen LogP contribution in [-0.2, 0) is 0 Å². The molecule has 0 saturated heterocycles. The van der Waals surface area contributed by atoms with Crippen LogP contribution in [0, 0.1) is 0 Å². The SMILES string of the molecule is C=Cc1c(NC)nc(Cl)nc1C(O)CC=Cc1ccccc1. The van der Waals surface area contributed by atoms with Crippen molar-refractivity contribution in [2.45, 2.75) is 12.5 Å². The van der Waals surface area contributed by atoms with E-state index in [0.717, 1.165) is 5.56 Å². The van der Waals surface area contributed by atoms with E-state index in [0.29, 0.717) is 23.5 Å². The normalized spacial score (nSPS) is 12.3. The fourth-order valence-corrected chi connectivity index (χ4v) is 2.29. The van der Waals surface area contributed by atoms with Gasteiger partial charge in [0, 0.05) is 12.6 Å². The van der Waals surface area contributed by atoms with Crippen LogP contribution < -0.4 is 5.32 Å². The molecule has 0 saturated carbocycles. The van der Waals surface area contributed by atoms with Gasteiger partial charge in [0.25, 0.3) is 0 Å². The molecule has 2 rings (SSSR count). The number of hydrogen-bond donors (Lipinski definition) is 2. The maximum atomic E-state index is 10.4. The van der Waals surface area contributed by atoms with Crippen molar-refractivity contribution in [1.29, 1.82) is 0 Å². The second-order valence-electron chi connectivity index (χ2n) is 4.66. The number of benzene rings is 1. The highest BCUT2D eigenvalue weighted by molar-refractivity contribution is 6.28. The van der Waals surface area contributed by atoms with E-state index in [9.17, 15) is 5.11 Å². The van der Waals surface area contributed by atoms with Crippen molar-refractivity contribution in [3.05, 3.63) is 65.1 Å². The molecule has 0 amide bonds. The summed E-state index contributed by atoms with van der Waals surface area (Å²) in [5, 5.41) is 13.4. The van der Waals surface area contributed by atoms with Crippen molar-refractivity contribution < 1.29 is 5.11 Å². The maximum Gasteiger partial charge on any atom is 0.224 e. The predicted octanol–water partition coefficient (Wildman–Crippen LogP) is 3.95. The zero-order chi connectivity index (χ0) is 15.9. The minimum atomic E-state index is -0.777. The average molecular weight is 316 g/mol. The van der Waals surface area contributed by atoms with Crippen LogP contribution >= 0.6 is 11.6 Å². The molecule has 0 fully saturated rings. The Morgan fingerprint density at radius 3 is 2.68 bits per heavy atom. The number of nitrogens with one attached hydrogen (secondary N) is 1. The van der Waals surface area contributed by atoms with Gasteiger partial charge in [0.1, 0.15) is 11.9 Å². The maximum absolute atomic E-state index is 10.4. The van der Waals surface area contributed by atoms with Crippen LogP contribution in [0.5, 0.6) is 0 Å². The van der Waals surface area contributed by atoms with Crippen LogP contribution in [0.4, 0.5) is 5.82 Å². The lowest BCUT2D eigenvalue weighted by Crippen LogP contribution is -2.08. The Morgan fingerprint density at radius 1 is 1.32 bits per heavy atom. The first-order valence-electron chi connectivity index (χ1n) is 6.93. The van der Waals surface area contributed by atoms with E-state index >= 15 is 0 Å². The number of nitrogens with zero attached hydrogens (tertiary/aromatic N) is 2.